The molecule has 8 heteroatoms. The van der Waals surface area contributed by atoms with Crippen molar-refractivity contribution in [2.24, 2.45) is 0 Å². The number of carbonyl (C=O) groups excluding carboxylic acids is 2. The third-order valence-corrected chi connectivity index (χ3v) is 7.67. The SMILES string of the molecule is CN(C)C1=C(C(=O)c2ccccc2)N(CC(=O)c2ccc(Br)cc2)S(=O)(=O)c2ccccc21. The fourth-order valence-corrected chi connectivity index (χ4v) is 5.68. The largest absolute Gasteiger partial charge is 0.375 e. The highest BCUT2D eigenvalue weighted by molar-refractivity contribution is 9.10. The summed E-state index contributed by atoms with van der Waals surface area (Å²) in [6.07, 6.45) is 0. The van der Waals surface area contributed by atoms with E-state index in [1.165, 1.54) is 6.07 Å². The van der Waals surface area contributed by atoms with Gasteiger partial charge in [-0.25, -0.2) is 8.42 Å². The van der Waals surface area contributed by atoms with E-state index in [0.29, 0.717) is 22.4 Å². The molecule has 1 aliphatic rings. The second-order valence-electron chi connectivity index (χ2n) is 7.72. The predicted molar refractivity (Wildman–Crippen MR) is 130 cm³/mol. The molecular weight excluding hydrogens is 504 g/mol. The van der Waals surface area contributed by atoms with Gasteiger partial charge in [0.15, 0.2) is 5.78 Å². The first-order valence-corrected chi connectivity index (χ1v) is 12.4. The van der Waals surface area contributed by atoms with Gasteiger partial charge in [0.05, 0.1) is 17.1 Å². The highest BCUT2D eigenvalue weighted by Gasteiger charge is 2.41. The minimum atomic E-state index is -4.16. The van der Waals surface area contributed by atoms with Crippen molar-refractivity contribution in [3.8, 4) is 0 Å². The molecule has 4 rings (SSSR count). The first-order valence-electron chi connectivity index (χ1n) is 10.1. The Balaban J connectivity index is 1.93. The maximum absolute atomic E-state index is 13.7. The zero-order valence-electron chi connectivity index (χ0n) is 18.0. The first kappa shape index (κ1) is 22.9. The molecule has 168 valence electrons. The van der Waals surface area contributed by atoms with Crippen molar-refractivity contribution in [1.82, 2.24) is 9.21 Å². The number of ketones is 2. The number of hydrogen-bond donors (Lipinski definition) is 0. The van der Waals surface area contributed by atoms with Gasteiger partial charge in [0.1, 0.15) is 5.70 Å². The van der Waals surface area contributed by atoms with Crippen LogP contribution in [0.1, 0.15) is 26.3 Å². The number of benzene rings is 3. The summed E-state index contributed by atoms with van der Waals surface area (Å²) in [4.78, 5) is 28.6. The van der Waals surface area contributed by atoms with Crippen molar-refractivity contribution in [3.05, 3.63) is 106 Å². The Morgan fingerprint density at radius 1 is 0.848 bits per heavy atom. The number of allylic oxidation sites excluding steroid dienone is 1. The molecule has 33 heavy (non-hydrogen) atoms. The minimum Gasteiger partial charge on any atom is -0.375 e. The van der Waals surface area contributed by atoms with Crippen molar-refractivity contribution in [1.29, 1.82) is 0 Å². The maximum atomic E-state index is 13.7. The standard InChI is InChI=1S/C25H21BrN2O4S/c1-27(2)23-20-10-6-7-11-22(20)33(31,32)28(16-21(29)17-12-14-19(26)15-13-17)24(23)25(30)18-8-4-3-5-9-18/h3-15H,16H2,1-2H3. The van der Waals surface area contributed by atoms with Gasteiger partial charge in [-0.15, -0.1) is 0 Å². The molecule has 6 nitrogen and oxygen atoms in total. The van der Waals surface area contributed by atoms with Gasteiger partial charge in [0.2, 0.25) is 5.78 Å². The molecule has 1 aliphatic heterocycles. The van der Waals surface area contributed by atoms with Gasteiger partial charge < -0.3 is 4.90 Å². The van der Waals surface area contributed by atoms with Crippen LogP contribution < -0.4 is 0 Å². The fraction of sp³-hybridized carbons (Fsp3) is 0.120. The fourth-order valence-electron chi connectivity index (χ4n) is 3.79. The Morgan fingerprint density at radius 3 is 2.09 bits per heavy atom. The average molecular weight is 525 g/mol. The molecule has 3 aromatic rings. The zero-order valence-corrected chi connectivity index (χ0v) is 20.4. The van der Waals surface area contributed by atoms with Gasteiger partial charge >= 0.3 is 0 Å². The number of sulfonamides is 1. The van der Waals surface area contributed by atoms with Crippen molar-refractivity contribution in [2.75, 3.05) is 20.6 Å². The molecule has 0 saturated carbocycles. The van der Waals surface area contributed by atoms with E-state index < -0.39 is 28.1 Å². The van der Waals surface area contributed by atoms with Crippen molar-refractivity contribution in [3.63, 3.8) is 0 Å². The third-order valence-electron chi connectivity index (χ3n) is 5.34. The average Bonchev–Trinajstić information content (AvgIpc) is 2.81. The second kappa shape index (κ2) is 8.96. The molecule has 0 amide bonds. The highest BCUT2D eigenvalue weighted by Crippen LogP contribution is 2.39. The Bertz CT molecular complexity index is 1370. The molecule has 0 aromatic heterocycles. The molecule has 0 fully saturated rings. The number of Topliss-reactive ketones (excluding diaryl/α,β-unsaturated/α-hetero) is 2. The smallest absolute Gasteiger partial charge is 0.265 e. The van der Waals surface area contributed by atoms with Crippen LogP contribution >= 0.6 is 15.9 Å². The Kier molecular flexibility index (Phi) is 6.23. The Hall–Kier alpha value is -3.23. The lowest BCUT2D eigenvalue weighted by Gasteiger charge is -2.35. The quantitative estimate of drug-likeness (QED) is 0.445. The normalized spacial score (nSPS) is 14.6. The van der Waals surface area contributed by atoms with Crippen LogP contribution in [0.3, 0.4) is 0 Å². The van der Waals surface area contributed by atoms with E-state index in [-0.39, 0.29) is 10.6 Å². The summed E-state index contributed by atoms with van der Waals surface area (Å²) >= 11 is 3.33. The molecule has 0 bridgehead atoms. The van der Waals surface area contributed by atoms with E-state index in [0.717, 1.165) is 8.78 Å². The molecule has 0 aliphatic carbocycles. The lowest BCUT2D eigenvalue weighted by atomic mass is 10.0. The van der Waals surface area contributed by atoms with Gasteiger partial charge in [-0.3, -0.25) is 13.9 Å². The molecule has 0 saturated heterocycles. The van der Waals surface area contributed by atoms with Gasteiger partial charge in [-0.05, 0) is 18.2 Å². The van der Waals surface area contributed by atoms with Crippen LogP contribution in [0.15, 0.2) is 93.9 Å². The third kappa shape index (κ3) is 4.24. The maximum Gasteiger partial charge on any atom is 0.265 e. The van der Waals surface area contributed by atoms with Crippen LogP contribution in [0.5, 0.6) is 0 Å². The molecule has 0 spiro atoms. The summed E-state index contributed by atoms with van der Waals surface area (Å²) in [6, 6.07) is 21.6. The van der Waals surface area contributed by atoms with Gasteiger partial charge in [0.25, 0.3) is 10.0 Å². The van der Waals surface area contributed by atoms with E-state index in [4.69, 9.17) is 0 Å². The van der Waals surface area contributed by atoms with E-state index in [1.807, 2.05) is 0 Å². The summed E-state index contributed by atoms with van der Waals surface area (Å²) in [5.74, 6) is -0.886. The molecule has 0 radical (unpaired) electrons. The van der Waals surface area contributed by atoms with Crippen LogP contribution in [0.4, 0.5) is 0 Å². The number of rotatable bonds is 6. The van der Waals surface area contributed by atoms with Crippen LogP contribution in [0.2, 0.25) is 0 Å². The van der Waals surface area contributed by atoms with Crippen LogP contribution in [0.25, 0.3) is 5.70 Å². The first-order chi connectivity index (χ1) is 15.7. The van der Waals surface area contributed by atoms with E-state index in [1.54, 1.807) is 91.8 Å². The molecule has 3 aromatic carbocycles. The Labute approximate surface area is 201 Å². The van der Waals surface area contributed by atoms with Gasteiger partial charge in [0, 0.05) is 35.3 Å². The minimum absolute atomic E-state index is 0.0460. The highest BCUT2D eigenvalue weighted by atomic mass is 79.9. The summed E-state index contributed by atoms with van der Waals surface area (Å²) in [5, 5.41) is 0. The monoisotopic (exact) mass is 524 g/mol. The second-order valence-corrected chi connectivity index (χ2v) is 10.5. The molecular formula is C25H21BrN2O4S. The predicted octanol–water partition coefficient (Wildman–Crippen LogP) is 4.45. The Morgan fingerprint density at radius 2 is 1.45 bits per heavy atom. The number of fused-ring (bicyclic) bond motifs is 1. The van der Waals surface area contributed by atoms with Crippen LogP contribution in [-0.4, -0.2) is 49.8 Å². The van der Waals surface area contributed by atoms with E-state index in [9.17, 15) is 18.0 Å². The lowest BCUT2D eigenvalue weighted by molar-refractivity contribution is 0.0957. The lowest BCUT2D eigenvalue weighted by Crippen LogP contribution is -2.42. The van der Waals surface area contributed by atoms with Gasteiger partial charge in [-0.2, -0.15) is 0 Å². The number of halogens is 1. The van der Waals surface area contributed by atoms with Crippen molar-refractivity contribution < 1.29 is 18.0 Å². The zero-order chi connectivity index (χ0) is 23.8. The summed E-state index contributed by atoms with van der Waals surface area (Å²) < 4.78 is 29.1. The summed E-state index contributed by atoms with van der Waals surface area (Å²) in [5.41, 5.74) is 1.51. The molecule has 0 unspecified atom stereocenters. The summed E-state index contributed by atoms with van der Waals surface area (Å²) in [7, 11) is -0.671. The van der Waals surface area contributed by atoms with Gasteiger partial charge in [-0.1, -0.05) is 76.6 Å². The number of nitrogens with zero attached hydrogens (tertiary/aromatic N) is 2. The number of carbonyl (C=O) groups is 2. The molecule has 1 heterocycles. The molecule has 0 atom stereocenters. The van der Waals surface area contributed by atoms with Crippen molar-refractivity contribution >= 4 is 43.2 Å². The molecule has 0 N–H and O–H groups in total. The van der Waals surface area contributed by atoms with Crippen LogP contribution in [-0.2, 0) is 10.0 Å². The topological polar surface area (TPSA) is 74.8 Å². The van der Waals surface area contributed by atoms with E-state index >= 15 is 0 Å². The summed E-state index contributed by atoms with van der Waals surface area (Å²) in [6.45, 7) is -0.496. The van der Waals surface area contributed by atoms with Crippen molar-refractivity contribution in [2.45, 2.75) is 4.90 Å². The van der Waals surface area contributed by atoms with E-state index in [2.05, 4.69) is 15.9 Å². The number of hydrogen-bond acceptors (Lipinski definition) is 5. The van der Waals surface area contributed by atoms with Crippen LogP contribution in [0, 0.1) is 0 Å².